The number of halogens is 1. The molecular formula is C33H37FN4O5. The number of carbonyl (C=O) groups is 4. The minimum atomic E-state index is -1.01. The highest BCUT2D eigenvalue weighted by atomic mass is 19.1. The Bertz CT molecular complexity index is 1420. The molecular weight excluding hydrogens is 551 g/mol. The van der Waals surface area contributed by atoms with E-state index < -0.39 is 17.9 Å². The normalized spacial score (nSPS) is 18.5. The van der Waals surface area contributed by atoms with Gasteiger partial charge in [0.1, 0.15) is 24.2 Å². The molecule has 1 heterocycles. The van der Waals surface area contributed by atoms with Crippen LogP contribution in [0.25, 0.3) is 0 Å². The average Bonchev–Trinajstić information content (AvgIpc) is 3.01. The molecule has 0 fully saturated rings. The predicted molar refractivity (Wildman–Crippen MR) is 160 cm³/mol. The number of ether oxygens (including phenoxy) is 1. The third-order valence-electron chi connectivity index (χ3n) is 7.51. The van der Waals surface area contributed by atoms with Crippen LogP contribution in [0.3, 0.4) is 0 Å². The SMILES string of the molecule is CN1CC(=O)N(C)[C@H](Cc2ccccc2)COc2ccccc2C(=O)N[C@H](C(=O)NCCc2ccc(F)cc2)CCC1=O. The average molecular weight is 589 g/mol. The maximum absolute atomic E-state index is 13.5. The van der Waals surface area contributed by atoms with Gasteiger partial charge in [-0.05, 0) is 54.7 Å². The van der Waals surface area contributed by atoms with Crippen LogP contribution in [-0.4, -0.2) is 79.3 Å². The predicted octanol–water partition coefficient (Wildman–Crippen LogP) is 2.98. The summed E-state index contributed by atoms with van der Waals surface area (Å²) in [6.07, 6.45) is 0.941. The fraction of sp³-hybridized carbons (Fsp3) is 0.333. The molecule has 0 bridgehead atoms. The molecule has 1 aliphatic rings. The van der Waals surface area contributed by atoms with Crippen molar-refractivity contribution in [1.29, 1.82) is 0 Å². The van der Waals surface area contributed by atoms with Gasteiger partial charge in [0.15, 0.2) is 0 Å². The van der Waals surface area contributed by atoms with Crippen molar-refractivity contribution in [1.82, 2.24) is 20.4 Å². The van der Waals surface area contributed by atoms with Crippen molar-refractivity contribution in [2.24, 2.45) is 0 Å². The van der Waals surface area contributed by atoms with Crippen LogP contribution >= 0.6 is 0 Å². The van der Waals surface area contributed by atoms with Crippen molar-refractivity contribution < 1.29 is 28.3 Å². The molecule has 0 radical (unpaired) electrons. The van der Waals surface area contributed by atoms with Gasteiger partial charge in [0.25, 0.3) is 5.91 Å². The van der Waals surface area contributed by atoms with Gasteiger partial charge in [-0.2, -0.15) is 0 Å². The first-order valence-electron chi connectivity index (χ1n) is 14.3. The van der Waals surface area contributed by atoms with E-state index in [0.29, 0.717) is 18.6 Å². The van der Waals surface area contributed by atoms with E-state index in [2.05, 4.69) is 10.6 Å². The standard InChI is InChI=1S/C33H37FN4O5/c1-37-21-31(40)38(2)26(20-24-8-4-3-5-9-24)22-43-29-11-7-6-10-27(29)32(41)36-28(16-17-30(37)39)33(42)35-19-18-23-12-14-25(34)15-13-23/h3-15,26,28H,16-22H2,1-2H3,(H,35,42)(H,36,41)/t26-,28+/m1/s1. The molecule has 4 rings (SSSR count). The van der Waals surface area contributed by atoms with E-state index in [0.717, 1.165) is 11.1 Å². The Hall–Kier alpha value is -4.73. The maximum atomic E-state index is 13.5. The molecule has 43 heavy (non-hydrogen) atoms. The lowest BCUT2D eigenvalue weighted by molar-refractivity contribution is -0.140. The Morgan fingerprint density at radius 2 is 1.63 bits per heavy atom. The molecule has 10 heteroatoms. The summed E-state index contributed by atoms with van der Waals surface area (Å²) in [5.41, 5.74) is 2.09. The van der Waals surface area contributed by atoms with Crippen LogP contribution in [-0.2, 0) is 27.2 Å². The van der Waals surface area contributed by atoms with E-state index in [1.165, 1.54) is 17.0 Å². The summed E-state index contributed by atoms with van der Waals surface area (Å²) >= 11 is 0. The second kappa shape index (κ2) is 14.9. The van der Waals surface area contributed by atoms with Crippen molar-refractivity contribution in [2.45, 2.75) is 37.8 Å². The van der Waals surface area contributed by atoms with E-state index in [-0.39, 0.29) is 61.8 Å². The fourth-order valence-corrected chi connectivity index (χ4v) is 4.83. The molecule has 1 aliphatic heterocycles. The van der Waals surface area contributed by atoms with Crippen molar-refractivity contribution >= 4 is 23.6 Å². The number of benzene rings is 3. The summed E-state index contributed by atoms with van der Waals surface area (Å²) in [6, 6.07) is 21.0. The lowest BCUT2D eigenvalue weighted by atomic mass is 10.1. The van der Waals surface area contributed by atoms with Crippen LogP contribution in [0.5, 0.6) is 5.75 Å². The number of hydrogen-bond donors (Lipinski definition) is 2. The first-order chi connectivity index (χ1) is 20.7. The van der Waals surface area contributed by atoms with Crippen LogP contribution in [0.15, 0.2) is 78.9 Å². The monoisotopic (exact) mass is 588 g/mol. The van der Waals surface area contributed by atoms with Crippen LogP contribution < -0.4 is 15.4 Å². The summed E-state index contributed by atoms with van der Waals surface area (Å²) in [6.45, 7) is 0.221. The Balaban J connectivity index is 1.54. The van der Waals surface area contributed by atoms with Crippen LogP contribution in [0.4, 0.5) is 4.39 Å². The van der Waals surface area contributed by atoms with Gasteiger partial charge < -0.3 is 25.2 Å². The first-order valence-corrected chi connectivity index (χ1v) is 14.3. The molecule has 0 saturated carbocycles. The van der Waals surface area contributed by atoms with E-state index in [4.69, 9.17) is 4.74 Å². The summed E-state index contributed by atoms with van der Waals surface area (Å²) < 4.78 is 19.4. The first kappa shape index (κ1) is 31.2. The highest BCUT2D eigenvalue weighted by molar-refractivity contribution is 5.99. The summed E-state index contributed by atoms with van der Waals surface area (Å²) in [5, 5.41) is 5.58. The number of hydrogen-bond acceptors (Lipinski definition) is 5. The molecule has 2 N–H and O–H groups in total. The van der Waals surface area contributed by atoms with Gasteiger partial charge in [0, 0.05) is 27.1 Å². The van der Waals surface area contributed by atoms with Crippen LogP contribution in [0.2, 0.25) is 0 Å². The largest absolute Gasteiger partial charge is 0.491 e. The quantitative estimate of drug-likeness (QED) is 0.461. The van der Waals surface area contributed by atoms with Crippen LogP contribution in [0.1, 0.15) is 34.3 Å². The number of rotatable bonds is 6. The second-order valence-electron chi connectivity index (χ2n) is 10.6. The van der Waals surface area contributed by atoms with E-state index >= 15 is 0 Å². The number of para-hydroxylation sites is 1. The Morgan fingerprint density at radius 3 is 2.37 bits per heavy atom. The molecule has 2 atom stereocenters. The third kappa shape index (κ3) is 8.88. The lowest BCUT2D eigenvalue weighted by Crippen LogP contribution is -2.48. The zero-order chi connectivity index (χ0) is 30.8. The number of amides is 4. The van der Waals surface area contributed by atoms with Gasteiger partial charge in [-0.25, -0.2) is 4.39 Å². The highest BCUT2D eigenvalue weighted by Gasteiger charge is 2.28. The van der Waals surface area contributed by atoms with Gasteiger partial charge >= 0.3 is 0 Å². The van der Waals surface area contributed by atoms with Gasteiger partial charge in [-0.1, -0.05) is 54.6 Å². The molecule has 226 valence electrons. The molecule has 0 aliphatic carbocycles. The lowest BCUT2D eigenvalue weighted by Gasteiger charge is -2.30. The van der Waals surface area contributed by atoms with Crippen molar-refractivity contribution in [3.05, 3.63) is 101 Å². The van der Waals surface area contributed by atoms with Gasteiger partial charge in [0.05, 0.1) is 18.2 Å². The van der Waals surface area contributed by atoms with Crippen molar-refractivity contribution in [3.8, 4) is 5.75 Å². The van der Waals surface area contributed by atoms with E-state index in [9.17, 15) is 23.6 Å². The Labute approximate surface area is 251 Å². The molecule has 9 nitrogen and oxygen atoms in total. The molecule has 0 aromatic heterocycles. The molecule has 4 amide bonds. The van der Waals surface area contributed by atoms with Gasteiger partial charge in [-0.3, -0.25) is 19.2 Å². The summed E-state index contributed by atoms with van der Waals surface area (Å²) in [7, 11) is 3.22. The molecule has 0 spiro atoms. The molecule has 0 unspecified atom stereocenters. The van der Waals surface area contributed by atoms with Gasteiger partial charge in [-0.15, -0.1) is 0 Å². The van der Waals surface area contributed by atoms with Crippen LogP contribution in [0, 0.1) is 5.82 Å². The summed E-state index contributed by atoms with van der Waals surface area (Å²) in [4.78, 5) is 55.8. The van der Waals surface area contributed by atoms with Gasteiger partial charge in [0.2, 0.25) is 17.7 Å². The maximum Gasteiger partial charge on any atom is 0.255 e. The minimum Gasteiger partial charge on any atom is -0.491 e. The number of carbonyl (C=O) groups excluding carboxylic acids is 4. The molecule has 0 saturated heterocycles. The van der Waals surface area contributed by atoms with Crippen molar-refractivity contribution in [2.75, 3.05) is 33.8 Å². The molecule has 3 aromatic rings. The number of likely N-dealkylation sites (N-methyl/N-ethyl adjacent to an activating group) is 2. The highest BCUT2D eigenvalue weighted by Crippen LogP contribution is 2.20. The second-order valence-corrected chi connectivity index (χ2v) is 10.6. The summed E-state index contributed by atoms with van der Waals surface area (Å²) in [5.74, 6) is -1.58. The Kier molecular flexibility index (Phi) is 10.9. The zero-order valence-corrected chi connectivity index (χ0v) is 24.4. The van der Waals surface area contributed by atoms with E-state index in [1.54, 1.807) is 55.4 Å². The number of nitrogens with one attached hydrogen (secondary N) is 2. The fourth-order valence-electron chi connectivity index (χ4n) is 4.83. The van der Waals surface area contributed by atoms with E-state index in [1.807, 2.05) is 30.3 Å². The Morgan fingerprint density at radius 1 is 0.930 bits per heavy atom. The topological polar surface area (TPSA) is 108 Å². The number of nitrogens with zero attached hydrogens (tertiary/aromatic N) is 2. The minimum absolute atomic E-state index is 0.0288. The van der Waals surface area contributed by atoms with Crippen molar-refractivity contribution in [3.63, 3.8) is 0 Å². The third-order valence-corrected chi connectivity index (χ3v) is 7.51. The zero-order valence-electron chi connectivity index (χ0n) is 24.4. The number of fused-ring (bicyclic) bond motifs is 1. The molecule has 3 aromatic carbocycles. The smallest absolute Gasteiger partial charge is 0.255 e.